The maximum Gasteiger partial charge on any atom is 0.261 e. The largest absolute Gasteiger partial charge is 0.481 e. The number of hydrogen-bond acceptors (Lipinski definition) is 5. The molecular weight excluding hydrogens is 390 g/mol. The highest BCUT2D eigenvalue weighted by Crippen LogP contribution is 2.30. The molecule has 0 bridgehead atoms. The summed E-state index contributed by atoms with van der Waals surface area (Å²) in [4.78, 5) is 22.5. The lowest BCUT2D eigenvalue weighted by Crippen LogP contribution is -2.34. The SMILES string of the molecule is COc1ccc(Cc2cc3c(=O)n([C@H]4CCCC[C@@H]4O)cnc3c3ccccc23)cn1. The number of methoxy groups -OCH3 is 1. The van der Waals surface area contributed by atoms with Crippen LogP contribution in [0.2, 0.25) is 0 Å². The van der Waals surface area contributed by atoms with E-state index in [0.29, 0.717) is 23.2 Å². The molecule has 1 aliphatic rings. The van der Waals surface area contributed by atoms with E-state index in [1.165, 1.54) is 0 Å². The van der Waals surface area contributed by atoms with Gasteiger partial charge in [0.15, 0.2) is 0 Å². The molecule has 0 aliphatic heterocycles. The lowest BCUT2D eigenvalue weighted by molar-refractivity contribution is 0.0735. The summed E-state index contributed by atoms with van der Waals surface area (Å²) in [6.07, 6.45) is 7.09. The Morgan fingerprint density at radius 2 is 1.87 bits per heavy atom. The molecule has 31 heavy (non-hydrogen) atoms. The Labute approximate surface area is 180 Å². The zero-order chi connectivity index (χ0) is 21.4. The van der Waals surface area contributed by atoms with Crippen molar-refractivity contribution in [2.24, 2.45) is 0 Å². The molecule has 2 heterocycles. The Hall–Kier alpha value is -3.25. The van der Waals surface area contributed by atoms with Crippen LogP contribution in [0.1, 0.15) is 42.9 Å². The third-order valence-corrected chi connectivity index (χ3v) is 6.33. The molecule has 1 saturated carbocycles. The first-order valence-corrected chi connectivity index (χ1v) is 10.7. The van der Waals surface area contributed by atoms with Gasteiger partial charge in [0.1, 0.15) is 0 Å². The van der Waals surface area contributed by atoms with Crippen molar-refractivity contribution in [3.8, 4) is 5.88 Å². The molecule has 1 fully saturated rings. The molecule has 4 aromatic rings. The van der Waals surface area contributed by atoms with Crippen molar-refractivity contribution in [1.82, 2.24) is 14.5 Å². The summed E-state index contributed by atoms with van der Waals surface area (Å²) in [7, 11) is 1.60. The predicted molar refractivity (Wildman–Crippen MR) is 121 cm³/mol. The van der Waals surface area contributed by atoms with Crippen molar-refractivity contribution < 1.29 is 9.84 Å². The van der Waals surface area contributed by atoms with Gasteiger partial charge in [0.2, 0.25) is 5.88 Å². The normalized spacial score (nSPS) is 19.0. The molecule has 5 rings (SSSR count). The van der Waals surface area contributed by atoms with Gasteiger partial charge >= 0.3 is 0 Å². The summed E-state index contributed by atoms with van der Waals surface area (Å²) in [6, 6.07) is 13.6. The summed E-state index contributed by atoms with van der Waals surface area (Å²) in [5.74, 6) is 0.574. The molecule has 2 aromatic carbocycles. The van der Waals surface area contributed by atoms with Crippen LogP contribution in [0.15, 0.2) is 59.8 Å². The van der Waals surface area contributed by atoms with Crippen LogP contribution in [-0.2, 0) is 6.42 Å². The average molecular weight is 415 g/mol. The summed E-state index contributed by atoms with van der Waals surface area (Å²) < 4.78 is 6.80. The Balaban J connectivity index is 1.67. The van der Waals surface area contributed by atoms with Gasteiger partial charge in [-0.1, -0.05) is 43.2 Å². The Bertz CT molecular complexity index is 1300. The number of aliphatic hydroxyl groups excluding tert-OH is 1. The zero-order valence-electron chi connectivity index (χ0n) is 17.5. The molecule has 0 spiro atoms. The lowest BCUT2D eigenvalue weighted by atomic mass is 9.92. The van der Waals surface area contributed by atoms with Crippen LogP contribution in [0, 0.1) is 0 Å². The van der Waals surface area contributed by atoms with E-state index in [2.05, 4.69) is 16.0 Å². The number of fused-ring (bicyclic) bond motifs is 3. The van der Waals surface area contributed by atoms with E-state index in [1.54, 1.807) is 24.2 Å². The molecule has 0 unspecified atom stereocenters. The molecule has 1 N–H and O–H groups in total. The Kier molecular flexibility index (Phi) is 5.16. The maximum absolute atomic E-state index is 13.5. The molecule has 158 valence electrons. The number of benzene rings is 2. The van der Waals surface area contributed by atoms with Crippen LogP contribution in [0.3, 0.4) is 0 Å². The fourth-order valence-corrected chi connectivity index (χ4v) is 4.70. The van der Waals surface area contributed by atoms with Gasteiger partial charge in [-0.05, 0) is 41.8 Å². The van der Waals surface area contributed by atoms with E-state index in [9.17, 15) is 9.90 Å². The Morgan fingerprint density at radius 1 is 1.06 bits per heavy atom. The second kappa shape index (κ2) is 8.12. The molecule has 1 aliphatic carbocycles. The van der Waals surface area contributed by atoms with Crippen molar-refractivity contribution >= 4 is 21.7 Å². The quantitative estimate of drug-likeness (QED) is 0.510. The minimum Gasteiger partial charge on any atom is -0.481 e. The summed E-state index contributed by atoms with van der Waals surface area (Å²) in [6.45, 7) is 0. The van der Waals surface area contributed by atoms with Gasteiger partial charge in [-0.15, -0.1) is 0 Å². The summed E-state index contributed by atoms with van der Waals surface area (Å²) in [5.41, 5.74) is 2.71. The highest BCUT2D eigenvalue weighted by molar-refractivity contribution is 6.06. The van der Waals surface area contributed by atoms with Gasteiger partial charge in [-0.2, -0.15) is 0 Å². The minimum absolute atomic E-state index is 0.0872. The summed E-state index contributed by atoms with van der Waals surface area (Å²) >= 11 is 0. The van der Waals surface area contributed by atoms with E-state index in [-0.39, 0.29) is 11.6 Å². The van der Waals surface area contributed by atoms with Gasteiger partial charge in [0.05, 0.1) is 36.5 Å². The first-order chi connectivity index (χ1) is 15.2. The van der Waals surface area contributed by atoms with Crippen LogP contribution in [0.4, 0.5) is 0 Å². The monoisotopic (exact) mass is 415 g/mol. The van der Waals surface area contributed by atoms with E-state index in [0.717, 1.165) is 47.6 Å². The predicted octanol–water partition coefficient (Wildman–Crippen LogP) is 4.02. The molecule has 6 heteroatoms. The molecule has 0 radical (unpaired) electrons. The number of nitrogens with zero attached hydrogens (tertiary/aromatic N) is 3. The lowest BCUT2D eigenvalue weighted by Gasteiger charge is -2.29. The van der Waals surface area contributed by atoms with Crippen LogP contribution < -0.4 is 10.3 Å². The van der Waals surface area contributed by atoms with E-state index in [1.807, 2.05) is 36.4 Å². The molecule has 0 saturated heterocycles. The van der Waals surface area contributed by atoms with Crippen molar-refractivity contribution in [3.63, 3.8) is 0 Å². The van der Waals surface area contributed by atoms with E-state index >= 15 is 0 Å². The van der Waals surface area contributed by atoms with E-state index in [4.69, 9.17) is 4.74 Å². The molecule has 0 amide bonds. The number of aliphatic hydroxyl groups is 1. The van der Waals surface area contributed by atoms with Crippen LogP contribution >= 0.6 is 0 Å². The van der Waals surface area contributed by atoms with Crippen LogP contribution in [0.5, 0.6) is 5.88 Å². The van der Waals surface area contributed by atoms with Gasteiger partial charge in [-0.25, -0.2) is 9.97 Å². The molecular formula is C25H25N3O3. The second-order valence-electron chi connectivity index (χ2n) is 8.24. The first-order valence-electron chi connectivity index (χ1n) is 10.7. The van der Waals surface area contributed by atoms with Crippen molar-refractivity contribution in [2.45, 2.75) is 44.2 Å². The molecule has 6 nitrogen and oxygen atoms in total. The first kappa shape index (κ1) is 19.7. The van der Waals surface area contributed by atoms with Gasteiger partial charge in [0.25, 0.3) is 5.56 Å². The topological polar surface area (TPSA) is 77.2 Å². The van der Waals surface area contributed by atoms with E-state index < -0.39 is 6.10 Å². The highest BCUT2D eigenvalue weighted by atomic mass is 16.5. The minimum atomic E-state index is -0.504. The standard InChI is InChI=1S/C25H25N3O3/c1-31-23-11-10-16(14-26-23)12-17-13-20-24(19-7-3-2-6-18(17)19)27-15-28(25(20)30)21-8-4-5-9-22(21)29/h2-3,6-7,10-11,13-15,21-22,29H,4-5,8-9,12H2,1H3/t21-,22-/m0/s1. The van der Waals surface area contributed by atoms with Gasteiger partial charge in [0, 0.05) is 17.6 Å². The fraction of sp³-hybridized carbons (Fsp3) is 0.320. The van der Waals surface area contributed by atoms with Crippen LogP contribution in [0.25, 0.3) is 21.7 Å². The highest BCUT2D eigenvalue weighted by Gasteiger charge is 2.26. The van der Waals surface area contributed by atoms with Crippen molar-refractivity contribution in [3.05, 3.63) is 76.5 Å². The smallest absolute Gasteiger partial charge is 0.261 e. The summed E-state index contributed by atoms with van der Waals surface area (Å²) in [5, 5.41) is 13.1. The number of rotatable bonds is 4. The number of ether oxygens (including phenoxy) is 1. The fourth-order valence-electron chi connectivity index (χ4n) is 4.70. The maximum atomic E-state index is 13.5. The van der Waals surface area contributed by atoms with Gasteiger partial charge < -0.3 is 9.84 Å². The third-order valence-electron chi connectivity index (χ3n) is 6.33. The number of aromatic nitrogens is 3. The third kappa shape index (κ3) is 3.57. The van der Waals surface area contributed by atoms with Crippen molar-refractivity contribution in [2.75, 3.05) is 7.11 Å². The average Bonchev–Trinajstić information content (AvgIpc) is 2.81. The van der Waals surface area contributed by atoms with Crippen LogP contribution in [-0.4, -0.2) is 32.9 Å². The number of hydrogen-bond donors (Lipinski definition) is 1. The van der Waals surface area contributed by atoms with Crippen molar-refractivity contribution in [1.29, 1.82) is 0 Å². The molecule has 2 aromatic heterocycles. The Morgan fingerprint density at radius 3 is 2.61 bits per heavy atom. The van der Waals surface area contributed by atoms with Gasteiger partial charge in [-0.3, -0.25) is 9.36 Å². The molecule has 2 atom stereocenters. The zero-order valence-corrected chi connectivity index (χ0v) is 17.5. The number of pyridine rings is 1. The second-order valence-corrected chi connectivity index (χ2v) is 8.24.